The van der Waals surface area contributed by atoms with Crippen LogP contribution in [-0.2, 0) is 4.79 Å². The summed E-state index contributed by atoms with van der Waals surface area (Å²) >= 11 is 0. The number of fused-ring (bicyclic) bond motifs is 1. The van der Waals surface area contributed by atoms with Gasteiger partial charge in [-0.05, 0) is 43.2 Å². The van der Waals surface area contributed by atoms with Gasteiger partial charge in [-0.15, -0.1) is 13.2 Å². The molecule has 2 saturated heterocycles. The number of halogens is 4. The van der Waals surface area contributed by atoms with E-state index in [1.54, 1.807) is 10.9 Å². The molecule has 11 heteroatoms. The van der Waals surface area contributed by atoms with Gasteiger partial charge in [-0.1, -0.05) is 13.0 Å². The monoisotopic (exact) mass is 501 g/mol. The van der Waals surface area contributed by atoms with E-state index in [1.165, 1.54) is 48.4 Å². The summed E-state index contributed by atoms with van der Waals surface area (Å²) in [4.78, 5) is 20.2. The average Bonchev–Trinajstić information content (AvgIpc) is 3.10. The van der Waals surface area contributed by atoms with Gasteiger partial charge in [0, 0.05) is 43.7 Å². The van der Waals surface area contributed by atoms with Crippen molar-refractivity contribution in [2.45, 2.75) is 31.5 Å². The van der Waals surface area contributed by atoms with Gasteiger partial charge in [-0.25, -0.2) is 14.1 Å². The molecule has 0 atom stereocenters. The van der Waals surface area contributed by atoms with Crippen LogP contribution in [0.1, 0.15) is 30.9 Å². The van der Waals surface area contributed by atoms with E-state index in [1.807, 2.05) is 6.07 Å². The summed E-state index contributed by atoms with van der Waals surface area (Å²) in [6.45, 7) is 5.59. The molecular weight excluding hydrogens is 478 g/mol. The molecule has 36 heavy (non-hydrogen) atoms. The summed E-state index contributed by atoms with van der Waals surface area (Å²) in [5.74, 6) is -2.20. The van der Waals surface area contributed by atoms with Gasteiger partial charge < -0.3 is 14.5 Å². The SMILES string of the molecule is C=C(F)C(=O)N1CC(c2nn(-c3ccc(OC(F)(F)F)cc3)c3nccc(N4CC5(CCC5)C4)c23)C1. The van der Waals surface area contributed by atoms with Crippen LogP contribution in [0, 0.1) is 5.41 Å². The second kappa shape index (κ2) is 7.94. The fraction of sp³-hybridized carbons (Fsp3) is 0.400. The van der Waals surface area contributed by atoms with Gasteiger partial charge in [0.05, 0.1) is 22.5 Å². The highest BCUT2D eigenvalue weighted by Gasteiger charge is 2.48. The average molecular weight is 501 g/mol. The molecular formula is C25H23F4N5O2. The lowest BCUT2D eigenvalue weighted by atomic mass is 9.63. The molecule has 3 aromatic rings. The van der Waals surface area contributed by atoms with E-state index in [0.29, 0.717) is 29.8 Å². The lowest BCUT2D eigenvalue weighted by Gasteiger charge is -2.57. The minimum Gasteiger partial charge on any atom is -0.406 e. The second-order valence-corrected chi connectivity index (χ2v) is 9.89. The number of pyridine rings is 1. The smallest absolute Gasteiger partial charge is 0.406 e. The summed E-state index contributed by atoms with van der Waals surface area (Å²) in [5.41, 5.74) is 3.21. The van der Waals surface area contributed by atoms with Crippen LogP contribution in [0.25, 0.3) is 16.7 Å². The third-order valence-corrected chi connectivity index (χ3v) is 7.48. The van der Waals surface area contributed by atoms with Gasteiger partial charge in [-0.3, -0.25) is 4.79 Å². The van der Waals surface area contributed by atoms with Gasteiger partial charge in [-0.2, -0.15) is 5.10 Å². The maximum atomic E-state index is 13.3. The molecule has 188 valence electrons. The predicted octanol–water partition coefficient (Wildman–Crippen LogP) is 4.72. The summed E-state index contributed by atoms with van der Waals surface area (Å²) in [7, 11) is 0. The van der Waals surface area contributed by atoms with E-state index >= 15 is 0 Å². The van der Waals surface area contributed by atoms with E-state index in [4.69, 9.17) is 5.10 Å². The zero-order valence-electron chi connectivity index (χ0n) is 19.3. The first kappa shape index (κ1) is 22.8. The van der Waals surface area contributed by atoms with Gasteiger partial charge in [0.15, 0.2) is 11.5 Å². The van der Waals surface area contributed by atoms with Crippen LogP contribution in [-0.4, -0.2) is 58.1 Å². The highest BCUT2D eigenvalue weighted by molar-refractivity contribution is 5.95. The lowest BCUT2D eigenvalue weighted by Crippen LogP contribution is -2.60. The molecule has 0 radical (unpaired) electrons. The van der Waals surface area contributed by atoms with Crippen LogP contribution in [0.3, 0.4) is 0 Å². The standard InChI is InChI=1S/C25H23F4N5O2/c1-15(26)23(35)32-11-16(12-32)21-20-19(33-13-24(14-33)8-2-9-24)7-10-30-22(20)34(31-21)17-3-5-18(6-4-17)36-25(27,28)29/h3-7,10,16H,1-2,8-9,11-14H2. The third kappa shape index (κ3) is 3.77. The first-order valence-corrected chi connectivity index (χ1v) is 11.7. The number of nitrogens with zero attached hydrogens (tertiary/aromatic N) is 5. The Labute approximate surface area is 203 Å². The van der Waals surface area contributed by atoms with Crippen LogP contribution < -0.4 is 9.64 Å². The summed E-state index contributed by atoms with van der Waals surface area (Å²) in [6.07, 6.45) is 0.627. The Morgan fingerprint density at radius 3 is 2.39 bits per heavy atom. The maximum Gasteiger partial charge on any atom is 0.573 e. The van der Waals surface area contributed by atoms with Crippen molar-refractivity contribution in [1.29, 1.82) is 0 Å². The van der Waals surface area contributed by atoms with Crippen LogP contribution in [0.4, 0.5) is 23.2 Å². The first-order chi connectivity index (χ1) is 17.1. The Morgan fingerprint density at radius 2 is 1.81 bits per heavy atom. The van der Waals surface area contributed by atoms with Gasteiger partial charge in [0.1, 0.15) is 5.75 Å². The number of amides is 1. The number of ether oxygens (including phenoxy) is 1. The van der Waals surface area contributed by atoms with Gasteiger partial charge in [0.2, 0.25) is 0 Å². The minimum absolute atomic E-state index is 0.133. The quantitative estimate of drug-likeness (QED) is 0.374. The Bertz CT molecular complexity index is 1350. The molecule has 4 heterocycles. The summed E-state index contributed by atoms with van der Waals surface area (Å²) in [5, 5.41) is 5.65. The molecule has 6 rings (SSSR count). The topological polar surface area (TPSA) is 63.5 Å². The number of benzene rings is 1. The van der Waals surface area contributed by atoms with E-state index in [2.05, 4.69) is 21.2 Å². The Hall–Kier alpha value is -3.63. The lowest BCUT2D eigenvalue weighted by molar-refractivity contribution is -0.274. The summed E-state index contributed by atoms with van der Waals surface area (Å²) < 4.78 is 56.7. The molecule has 1 aromatic carbocycles. The highest BCUT2D eigenvalue weighted by atomic mass is 19.4. The van der Waals surface area contributed by atoms with Crippen molar-refractivity contribution in [3.8, 4) is 11.4 Å². The number of aromatic nitrogens is 3. The molecule has 0 bridgehead atoms. The van der Waals surface area contributed by atoms with Crippen molar-refractivity contribution in [2.75, 3.05) is 31.1 Å². The Balaban J connectivity index is 1.37. The number of carbonyl (C=O) groups is 1. The zero-order chi connectivity index (χ0) is 25.2. The molecule has 1 aliphatic carbocycles. The zero-order valence-corrected chi connectivity index (χ0v) is 19.3. The molecule has 1 amide bonds. The van der Waals surface area contributed by atoms with Crippen LogP contribution in [0.15, 0.2) is 48.9 Å². The van der Waals surface area contributed by atoms with Crippen molar-refractivity contribution in [3.63, 3.8) is 0 Å². The molecule has 0 N–H and O–H groups in total. The van der Waals surface area contributed by atoms with E-state index in [0.717, 1.165) is 29.9 Å². The van der Waals surface area contributed by atoms with E-state index in [-0.39, 0.29) is 11.7 Å². The third-order valence-electron chi connectivity index (χ3n) is 7.48. The number of alkyl halides is 3. The number of hydrogen-bond acceptors (Lipinski definition) is 5. The molecule has 2 aliphatic heterocycles. The predicted molar refractivity (Wildman–Crippen MR) is 124 cm³/mol. The van der Waals surface area contributed by atoms with Gasteiger partial charge in [0.25, 0.3) is 5.91 Å². The molecule has 2 aromatic heterocycles. The summed E-state index contributed by atoms with van der Waals surface area (Å²) in [6, 6.07) is 7.39. The molecule has 0 unspecified atom stereocenters. The van der Waals surface area contributed by atoms with E-state index < -0.39 is 18.1 Å². The second-order valence-electron chi connectivity index (χ2n) is 9.89. The minimum atomic E-state index is -4.78. The van der Waals surface area contributed by atoms with E-state index in [9.17, 15) is 22.4 Å². The van der Waals surface area contributed by atoms with Crippen LogP contribution >= 0.6 is 0 Å². The molecule has 3 fully saturated rings. The number of likely N-dealkylation sites (tertiary alicyclic amines) is 1. The number of rotatable bonds is 5. The molecule has 1 saturated carbocycles. The Morgan fingerprint density at radius 1 is 1.11 bits per heavy atom. The fourth-order valence-corrected chi connectivity index (χ4v) is 5.49. The Kier molecular flexibility index (Phi) is 5.03. The van der Waals surface area contributed by atoms with Crippen molar-refractivity contribution < 1.29 is 27.1 Å². The maximum absolute atomic E-state index is 13.3. The number of anilines is 1. The molecule has 1 spiro atoms. The fourth-order valence-electron chi connectivity index (χ4n) is 5.49. The van der Waals surface area contributed by atoms with Crippen LogP contribution in [0.5, 0.6) is 5.75 Å². The number of carbonyl (C=O) groups excluding carboxylic acids is 1. The first-order valence-electron chi connectivity index (χ1n) is 11.7. The van der Waals surface area contributed by atoms with Crippen molar-refractivity contribution in [3.05, 3.63) is 54.6 Å². The van der Waals surface area contributed by atoms with Crippen molar-refractivity contribution in [2.24, 2.45) is 5.41 Å². The van der Waals surface area contributed by atoms with Crippen LogP contribution in [0.2, 0.25) is 0 Å². The van der Waals surface area contributed by atoms with Crippen molar-refractivity contribution >= 4 is 22.6 Å². The largest absolute Gasteiger partial charge is 0.573 e. The number of hydrogen-bond donors (Lipinski definition) is 0. The highest BCUT2D eigenvalue weighted by Crippen LogP contribution is 2.51. The normalized spacial score (nSPS) is 19.1. The van der Waals surface area contributed by atoms with Gasteiger partial charge >= 0.3 is 6.36 Å². The van der Waals surface area contributed by atoms with Crippen molar-refractivity contribution in [1.82, 2.24) is 19.7 Å². The molecule has 3 aliphatic rings. The molecule has 7 nitrogen and oxygen atoms in total.